The largest absolute Gasteiger partial charge is 0.497 e. The van der Waals surface area contributed by atoms with Crippen LogP contribution in [0.1, 0.15) is 35.1 Å². The lowest BCUT2D eigenvalue weighted by Crippen LogP contribution is -2.26. The first-order chi connectivity index (χ1) is 28.7. The van der Waals surface area contributed by atoms with Gasteiger partial charge in [0.05, 0.1) is 37.9 Å². The number of hydrogen-bond donors (Lipinski definition) is 3. The highest BCUT2D eigenvalue weighted by Gasteiger charge is 2.23. The Balaban J connectivity index is 0.000000141. The number of nitrogens with one attached hydrogen (secondary N) is 3. The molecule has 0 aliphatic carbocycles. The van der Waals surface area contributed by atoms with Gasteiger partial charge in [-0.15, -0.1) is 0 Å². The summed E-state index contributed by atoms with van der Waals surface area (Å²) >= 11 is 5.86. The minimum absolute atomic E-state index is 0.446. The highest BCUT2D eigenvalue weighted by Crippen LogP contribution is 2.28. The lowest BCUT2D eigenvalue weighted by atomic mass is 10.1. The molecule has 5 heterocycles. The van der Waals surface area contributed by atoms with E-state index in [0.29, 0.717) is 17.2 Å². The molecule has 0 amide bonds. The van der Waals surface area contributed by atoms with E-state index in [2.05, 4.69) is 93.2 Å². The summed E-state index contributed by atoms with van der Waals surface area (Å²) in [6, 6.07) is 35.5. The van der Waals surface area contributed by atoms with E-state index in [1.54, 1.807) is 21.3 Å². The number of aryl methyl sites for hydroxylation is 3. The van der Waals surface area contributed by atoms with Crippen molar-refractivity contribution in [3.8, 4) is 17.2 Å². The Labute approximate surface area is 352 Å². The van der Waals surface area contributed by atoms with Crippen LogP contribution in [0.4, 0.5) is 11.6 Å². The monoisotopic (exact) mass is 811 g/mol. The Morgan fingerprint density at radius 1 is 0.627 bits per heavy atom. The van der Waals surface area contributed by atoms with E-state index in [1.807, 2.05) is 61.5 Å². The molecule has 0 radical (unpaired) electrons. The molecule has 0 spiro atoms. The molecule has 0 saturated carbocycles. The van der Waals surface area contributed by atoms with Crippen LogP contribution in [0, 0.1) is 20.8 Å². The molecule has 2 atom stereocenters. The Morgan fingerprint density at radius 3 is 1.64 bits per heavy atom. The molecule has 2 fully saturated rings. The molecule has 59 heavy (non-hydrogen) atoms. The quantitative estimate of drug-likeness (QED) is 0.122. The molecule has 2 aliphatic rings. The SMILES string of the molecule is COc1ccc2nc(Cl)cc(C)c2c1.COc1ccc2nc(N[C@H]3CCN(Cc4ccccc4)C3)cc(C)c2c1.COc1ccc2nc(N[C@H]3CCNC3)cc(C)c2c1. The van der Waals surface area contributed by atoms with Crippen molar-refractivity contribution in [2.75, 3.05) is 58.1 Å². The minimum Gasteiger partial charge on any atom is -0.497 e. The van der Waals surface area contributed by atoms with Crippen LogP contribution in [0.5, 0.6) is 17.2 Å². The lowest BCUT2D eigenvalue weighted by molar-refractivity contribution is 0.328. The van der Waals surface area contributed by atoms with Gasteiger partial charge < -0.3 is 30.2 Å². The highest BCUT2D eigenvalue weighted by molar-refractivity contribution is 6.29. The van der Waals surface area contributed by atoms with Gasteiger partial charge in [-0.3, -0.25) is 4.90 Å². The Morgan fingerprint density at radius 2 is 1.14 bits per heavy atom. The fourth-order valence-corrected chi connectivity index (χ4v) is 7.99. The van der Waals surface area contributed by atoms with Crippen molar-refractivity contribution in [3.05, 3.63) is 131 Å². The zero-order chi connectivity index (χ0) is 41.3. The Kier molecular flexibility index (Phi) is 13.6. The predicted molar refractivity (Wildman–Crippen MR) is 243 cm³/mol. The number of rotatable bonds is 9. The fourth-order valence-electron chi connectivity index (χ4n) is 7.74. The second kappa shape index (κ2) is 19.4. The number of halogens is 1. The second-order valence-corrected chi connectivity index (χ2v) is 15.6. The fraction of sp³-hybridized carbons (Fsp3) is 0.312. The molecule has 2 aliphatic heterocycles. The van der Waals surface area contributed by atoms with Crippen molar-refractivity contribution in [3.63, 3.8) is 0 Å². The van der Waals surface area contributed by atoms with Gasteiger partial charge in [0.15, 0.2) is 0 Å². The maximum Gasteiger partial charge on any atom is 0.130 e. The average Bonchev–Trinajstić information content (AvgIpc) is 3.93. The second-order valence-electron chi connectivity index (χ2n) is 15.2. The number of methoxy groups -OCH3 is 3. The third-order valence-electron chi connectivity index (χ3n) is 10.9. The summed E-state index contributed by atoms with van der Waals surface area (Å²) < 4.78 is 15.7. The standard InChI is InChI=1S/C22H25N3O.C15H19N3O.C11H10ClNO/c1-16-12-22(24-21-9-8-19(26-2)13-20(16)21)23-18-10-11-25(15-18)14-17-6-4-3-5-7-17;1-10-7-15(17-11-5-6-16-9-11)18-14-4-3-12(19-2)8-13(10)14;1-7-5-11(12)13-10-4-3-8(14-2)6-9(7)10/h3-9,12-13,18H,10-11,14-15H2,1-2H3,(H,23,24);3-4,7-8,11,16H,5-6,9H2,1-2H3,(H,17,18);3-6H,1-2H3/t18-;11-;/m00./s1. The number of anilines is 2. The number of likely N-dealkylation sites (tertiary alicyclic amines) is 1. The van der Waals surface area contributed by atoms with Crippen molar-refractivity contribution in [1.82, 2.24) is 25.2 Å². The van der Waals surface area contributed by atoms with Gasteiger partial charge in [0, 0.05) is 54.4 Å². The van der Waals surface area contributed by atoms with E-state index in [1.165, 1.54) is 16.7 Å². The number of aromatic nitrogens is 3. The summed E-state index contributed by atoms with van der Waals surface area (Å²) in [5.41, 5.74) is 7.84. The summed E-state index contributed by atoms with van der Waals surface area (Å²) in [7, 11) is 5.04. The highest BCUT2D eigenvalue weighted by atomic mass is 35.5. The van der Waals surface area contributed by atoms with E-state index in [-0.39, 0.29) is 0 Å². The lowest BCUT2D eigenvalue weighted by Gasteiger charge is -2.18. The summed E-state index contributed by atoms with van der Waals surface area (Å²) in [5.74, 6) is 4.51. The summed E-state index contributed by atoms with van der Waals surface area (Å²) in [6.07, 6.45) is 2.30. The van der Waals surface area contributed by atoms with Crippen molar-refractivity contribution < 1.29 is 14.2 Å². The molecular formula is C48H54ClN7O3. The third-order valence-corrected chi connectivity index (χ3v) is 11.1. The van der Waals surface area contributed by atoms with Gasteiger partial charge in [-0.1, -0.05) is 41.9 Å². The van der Waals surface area contributed by atoms with E-state index in [9.17, 15) is 0 Å². The van der Waals surface area contributed by atoms with E-state index >= 15 is 0 Å². The first kappa shape index (κ1) is 41.5. The van der Waals surface area contributed by atoms with Crippen molar-refractivity contribution in [2.24, 2.45) is 0 Å². The van der Waals surface area contributed by atoms with Crippen LogP contribution in [-0.4, -0.2) is 79.4 Å². The van der Waals surface area contributed by atoms with Gasteiger partial charge in [-0.25, -0.2) is 15.0 Å². The molecule has 4 aromatic carbocycles. The number of hydrogen-bond acceptors (Lipinski definition) is 10. The Bertz CT molecular complexity index is 2510. The van der Waals surface area contributed by atoms with Crippen LogP contribution in [0.3, 0.4) is 0 Å². The maximum absolute atomic E-state index is 5.86. The normalized spacial score (nSPS) is 16.3. The molecule has 9 rings (SSSR count). The number of fused-ring (bicyclic) bond motifs is 3. The van der Waals surface area contributed by atoms with Crippen molar-refractivity contribution >= 4 is 55.9 Å². The van der Waals surface area contributed by atoms with Gasteiger partial charge >= 0.3 is 0 Å². The molecule has 2 saturated heterocycles. The minimum atomic E-state index is 0.446. The van der Waals surface area contributed by atoms with Gasteiger partial charge in [0.25, 0.3) is 0 Å². The zero-order valence-electron chi connectivity index (χ0n) is 34.8. The number of ether oxygens (including phenoxy) is 3. The molecule has 3 N–H and O–H groups in total. The smallest absolute Gasteiger partial charge is 0.130 e. The van der Waals surface area contributed by atoms with Gasteiger partial charge in [-0.2, -0.15) is 0 Å². The molecule has 10 nitrogen and oxygen atoms in total. The molecule has 7 aromatic rings. The summed E-state index contributed by atoms with van der Waals surface area (Å²) in [4.78, 5) is 16.2. The van der Waals surface area contributed by atoms with Crippen LogP contribution in [0.15, 0.2) is 103 Å². The zero-order valence-corrected chi connectivity index (χ0v) is 35.6. The van der Waals surface area contributed by atoms with E-state index < -0.39 is 0 Å². The molecule has 306 valence electrons. The van der Waals surface area contributed by atoms with E-state index in [0.717, 1.165) is 113 Å². The summed E-state index contributed by atoms with van der Waals surface area (Å²) in [5, 5.41) is 14.4. The van der Waals surface area contributed by atoms with E-state index in [4.69, 9.17) is 30.8 Å². The summed E-state index contributed by atoms with van der Waals surface area (Å²) in [6.45, 7) is 11.5. The Hall–Kier alpha value is -5.68. The number of benzene rings is 4. The van der Waals surface area contributed by atoms with Crippen LogP contribution < -0.4 is 30.2 Å². The number of pyridine rings is 3. The number of nitrogens with zero attached hydrogens (tertiary/aromatic N) is 4. The van der Waals surface area contributed by atoms with Gasteiger partial charge in [0.1, 0.15) is 34.0 Å². The molecule has 11 heteroatoms. The van der Waals surface area contributed by atoms with Crippen molar-refractivity contribution in [2.45, 2.75) is 52.2 Å². The van der Waals surface area contributed by atoms with Gasteiger partial charge in [0.2, 0.25) is 0 Å². The molecular weight excluding hydrogens is 758 g/mol. The topological polar surface area (TPSA) is 106 Å². The average molecular weight is 812 g/mol. The van der Waals surface area contributed by atoms with Crippen LogP contribution in [-0.2, 0) is 6.54 Å². The first-order valence-corrected chi connectivity index (χ1v) is 20.6. The molecule has 0 bridgehead atoms. The van der Waals surface area contributed by atoms with Crippen molar-refractivity contribution in [1.29, 1.82) is 0 Å². The predicted octanol–water partition coefficient (Wildman–Crippen LogP) is 9.77. The first-order valence-electron chi connectivity index (χ1n) is 20.2. The third kappa shape index (κ3) is 10.7. The van der Waals surface area contributed by atoms with Crippen LogP contribution in [0.2, 0.25) is 5.15 Å². The maximum atomic E-state index is 5.86. The molecule has 0 unspecified atom stereocenters. The van der Waals surface area contributed by atoms with Gasteiger partial charge in [-0.05, 0) is 135 Å². The van der Waals surface area contributed by atoms with Crippen LogP contribution in [0.25, 0.3) is 32.7 Å². The van der Waals surface area contributed by atoms with Crippen LogP contribution >= 0.6 is 11.6 Å². The molecule has 3 aromatic heterocycles.